The van der Waals surface area contributed by atoms with E-state index >= 15 is 0 Å². The molecule has 170 valence electrons. The molecule has 3 heteroatoms. The minimum Gasteiger partial charge on any atom is -0.478 e. The number of benzene rings is 5. The number of carboxylic acid groups (broad SMARTS) is 1. The Morgan fingerprint density at radius 1 is 0.629 bits per heavy atom. The zero-order valence-corrected chi connectivity index (χ0v) is 19.7. The average molecular weight is 456 g/mol. The molecule has 1 aliphatic carbocycles. The third kappa shape index (κ3) is 3.39. The van der Waals surface area contributed by atoms with Gasteiger partial charge in [-0.1, -0.05) is 80.6 Å². The molecule has 1 aliphatic rings. The van der Waals surface area contributed by atoms with Gasteiger partial charge in [-0.3, -0.25) is 0 Å². The zero-order chi connectivity index (χ0) is 24.2. The molecule has 0 radical (unpaired) electrons. The molecule has 6 rings (SSSR count). The highest BCUT2D eigenvalue weighted by atomic mass is 16.4. The molecule has 0 fully saturated rings. The molecule has 0 bridgehead atoms. The van der Waals surface area contributed by atoms with Crippen molar-refractivity contribution < 1.29 is 9.90 Å². The van der Waals surface area contributed by atoms with Crippen molar-refractivity contribution in [3.8, 4) is 11.1 Å². The van der Waals surface area contributed by atoms with Gasteiger partial charge in [0.25, 0.3) is 0 Å². The monoisotopic (exact) mass is 455 g/mol. The van der Waals surface area contributed by atoms with E-state index in [-0.39, 0.29) is 11.0 Å². The van der Waals surface area contributed by atoms with Crippen LogP contribution in [-0.2, 0) is 5.41 Å². The zero-order valence-electron chi connectivity index (χ0n) is 19.7. The first kappa shape index (κ1) is 21.2. The summed E-state index contributed by atoms with van der Waals surface area (Å²) in [5.41, 5.74) is 8.09. The van der Waals surface area contributed by atoms with Gasteiger partial charge in [0.1, 0.15) is 0 Å². The number of fused-ring (bicyclic) bond motifs is 4. The Kier molecular flexibility index (Phi) is 4.75. The highest BCUT2D eigenvalue weighted by molar-refractivity contribution is 5.93. The van der Waals surface area contributed by atoms with Gasteiger partial charge < -0.3 is 10.0 Å². The largest absolute Gasteiger partial charge is 0.478 e. The number of rotatable bonds is 4. The molecular formula is C32H25NO2. The van der Waals surface area contributed by atoms with Crippen molar-refractivity contribution in [1.82, 2.24) is 0 Å². The lowest BCUT2D eigenvalue weighted by Gasteiger charge is -2.28. The molecule has 0 heterocycles. The van der Waals surface area contributed by atoms with Crippen molar-refractivity contribution in [3.63, 3.8) is 0 Å². The Balaban J connectivity index is 1.57. The first-order valence-corrected chi connectivity index (χ1v) is 11.8. The Morgan fingerprint density at radius 3 is 2.11 bits per heavy atom. The van der Waals surface area contributed by atoms with E-state index in [0.29, 0.717) is 0 Å². The first-order chi connectivity index (χ1) is 16.9. The minimum absolute atomic E-state index is 0.125. The van der Waals surface area contributed by atoms with E-state index in [0.717, 1.165) is 22.4 Å². The SMILES string of the molecule is CC1(C)c2ccccc2-c2ccc(N(c3cccc(C(=O)O)c3)c3ccc4ccccc4c3)cc21. The van der Waals surface area contributed by atoms with Gasteiger partial charge in [0, 0.05) is 22.5 Å². The Labute approximate surface area is 204 Å². The molecule has 0 unspecified atom stereocenters. The van der Waals surface area contributed by atoms with Crippen molar-refractivity contribution in [1.29, 1.82) is 0 Å². The Bertz CT molecular complexity index is 1620. The molecular weight excluding hydrogens is 430 g/mol. The van der Waals surface area contributed by atoms with Crippen LogP contribution in [0.2, 0.25) is 0 Å². The van der Waals surface area contributed by atoms with E-state index in [9.17, 15) is 9.90 Å². The summed E-state index contributed by atoms with van der Waals surface area (Å²) in [6.07, 6.45) is 0. The lowest BCUT2D eigenvalue weighted by molar-refractivity contribution is 0.0697. The predicted molar refractivity (Wildman–Crippen MR) is 143 cm³/mol. The van der Waals surface area contributed by atoms with Crippen LogP contribution in [0.5, 0.6) is 0 Å². The van der Waals surface area contributed by atoms with Crippen LogP contribution < -0.4 is 4.90 Å². The van der Waals surface area contributed by atoms with Crippen LogP contribution in [0.15, 0.2) is 109 Å². The fourth-order valence-corrected chi connectivity index (χ4v) is 5.37. The molecule has 1 N–H and O–H groups in total. The maximum Gasteiger partial charge on any atom is 0.335 e. The summed E-state index contributed by atoms with van der Waals surface area (Å²) < 4.78 is 0. The summed E-state index contributed by atoms with van der Waals surface area (Å²) in [7, 11) is 0. The third-order valence-corrected chi connectivity index (χ3v) is 7.17. The standard InChI is InChI=1S/C32H25NO2/c1-32(2)29-13-6-5-12-27(29)28-17-16-26(20-30(28)32)33(24-11-7-10-23(19-24)31(34)35)25-15-14-21-8-3-4-9-22(21)18-25/h3-20H,1-2H3,(H,34,35). The fourth-order valence-electron chi connectivity index (χ4n) is 5.37. The van der Waals surface area contributed by atoms with E-state index in [4.69, 9.17) is 0 Å². The van der Waals surface area contributed by atoms with Gasteiger partial charge in [0.15, 0.2) is 0 Å². The molecule has 0 amide bonds. The molecule has 0 saturated carbocycles. The van der Waals surface area contributed by atoms with Gasteiger partial charge >= 0.3 is 5.97 Å². The molecule has 0 aliphatic heterocycles. The summed E-state index contributed by atoms with van der Waals surface area (Å²) in [6, 6.07) is 37.0. The predicted octanol–water partition coefficient (Wildman–Crippen LogP) is 8.31. The van der Waals surface area contributed by atoms with Crippen LogP contribution in [0.4, 0.5) is 17.1 Å². The third-order valence-electron chi connectivity index (χ3n) is 7.17. The molecule has 5 aromatic rings. The number of hydrogen-bond donors (Lipinski definition) is 1. The normalized spacial score (nSPS) is 13.3. The van der Waals surface area contributed by atoms with Gasteiger partial charge in [0.05, 0.1) is 5.56 Å². The molecule has 3 nitrogen and oxygen atoms in total. The van der Waals surface area contributed by atoms with E-state index in [1.165, 1.54) is 27.6 Å². The second kappa shape index (κ2) is 7.85. The summed E-state index contributed by atoms with van der Waals surface area (Å²) in [5, 5.41) is 12.0. The van der Waals surface area contributed by atoms with Crippen molar-refractivity contribution in [3.05, 3.63) is 126 Å². The number of carboxylic acids is 1. The Morgan fingerprint density at radius 2 is 1.29 bits per heavy atom. The van der Waals surface area contributed by atoms with Crippen molar-refractivity contribution in [2.24, 2.45) is 0 Å². The van der Waals surface area contributed by atoms with Crippen LogP contribution in [0.25, 0.3) is 21.9 Å². The summed E-state index contributed by atoms with van der Waals surface area (Å²) in [4.78, 5) is 13.9. The van der Waals surface area contributed by atoms with E-state index in [2.05, 4.69) is 91.5 Å². The van der Waals surface area contributed by atoms with Crippen LogP contribution in [0, 0.1) is 0 Å². The average Bonchev–Trinajstić information content (AvgIpc) is 3.11. The van der Waals surface area contributed by atoms with Gasteiger partial charge in [-0.2, -0.15) is 0 Å². The lowest BCUT2D eigenvalue weighted by atomic mass is 9.82. The van der Waals surface area contributed by atoms with Gasteiger partial charge in [-0.05, 0) is 75.5 Å². The number of hydrogen-bond acceptors (Lipinski definition) is 2. The number of carbonyl (C=O) groups is 1. The van der Waals surface area contributed by atoms with Gasteiger partial charge in [-0.25, -0.2) is 4.79 Å². The van der Waals surface area contributed by atoms with Crippen molar-refractivity contribution in [2.75, 3.05) is 4.90 Å². The Hall–Kier alpha value is -4.37. The minimum atomic E-state index is -0.934. The first-order valence-electron chi connectivity index (χ1n) is 11.8. The van der Waals surface area contributed by atoms with E-state index in [1.807, 2.05) is 18.2 Å². The van der Waals surface area contributed by atoms with Crippen LogP contribution in [0.3, 0.4) is 0 Å². The fraction of sp³-hybridized carbons (Fsp3) is 0.0938. The van der Waals surface area contributed by atoms with Crippen molar-refractivity contribution >= 4 is 33.8 Å². The maximum absolute atomic E-state index is 11.8. The topological polar surface area (TPSA) is 40.5 Å². The van der Waals surface area contributed by atoms with E-state index < -0.39 is 5.97 Å². The van der Waals surface area contributed by atoms with E-state index in [1.54, 1.807) is 18.2 Å². The molecule has 0 atom stereocenters. The molecule has 5 aromatic carbocycles. The summed E-state index contributed by atoms with van der Waals surface area (Å²) >= 11 is 0. The molecule has 35 heavy (non-hydrogen) atoms. The van der Waals surface area contributed by atoms with Crippen LogP contribution in [-0.4, -0.2) is 11.1 Å². The second-order valence-corrected chi connectivity index (χ2v) is 9.62. The highest BCUT2D eigenvalue weighted by Crippen LogP contribution is 2.50. The number of nitrogens with zero attached hydrogens (tertiary/aromatic N) is 1. The second-order valence-electron chi connectivity index (χ2n) is 9.62. The molecule has 0 spiro atoms. The number of aromatic carboxylic acids is 1. The maximum atomic E-state index is 11.8. The van der Waals surface area contributed by atoms with Crippen molar-refractivity contribution in [2.45, 2.75) is 19.3 Å². The summed E-state index contributed by atoms with van der Waals surface area (Å²) in [6.45, 7) is 4.54. The quantitative estimate of drug-likeness (QED) is 0.296. The molecule has 0 saturated heterocycles. The van der Waals surface area contributed by atoms with Gasteiger partial charge in [-0.15, -0.1) is 0 Å². The molecule has 0 aromatic heterocycles. The van der Waals surface area contributed by atoms with Crippen LogP contribution >= 0.6 is 0 Å². The smallest absolute Gasteiger partial charge is 0.335 e. The summed E-state index contributed by atoms with van der Waals surface area (Å²) in [5.74, 6) is -0.934. The lowest BCUT2D eigenvalue weighted by Crippen LogP contribution is -2.16. The van der Waals surface area contributed by atoms with Crippen LogP contribution in [0.1, 0.15) is 35.3 Å². The number of anilines is 3. The highest BCUT2D eigenvalue weighted by Gasteiger charge is 2.35. The van der Waals surface area contributed by atoms with Gasteiger partial charge in [0.2, 0.25) is 0 Å².